The van der Waals surface area contributed by atoms with E-state index >= 15 is 0 Å². The summed E-state index contributed by atoms with van der Waals surface area (Å²) in [6.07, 6.45) is 0.828. The predicted molar refractivity (Wildman–Crippen MR) is 83.6 cm³/mol. The Morgan fingerprint density at radius 1 is 1.05 bits per heavy atom. The van der Waals surface area contributed by atoms with Gasteiger partial charge in [-0.05, 0) is 30.5 Å². The molecule has 20 heavy (non-hydrogen) atoms. The molecule has 2 aromatic carbocycles. The Morgan fingerprint density at radius 2 is 1.70 bits per heavy atom. The molecule has 1 N–H and O–H groups in total. The summed E-state index contributed by atoms with van der Waals surface area (Å²) in [5, 5.41) is 12.8. The van der Waals surface area contributed by atoms with Gasteiger partial charge in [0, 0.05) is 11.7 Å². The summed E-state index contributed by atoms with van der Waals surface area (Å²) < 4.78 is 0. The minimum absolute atomic E-state index is 0.0540. The van der Waals surface area contributed by atoms with Gasteiger partial charge in [0.1, 0.15) is 0 Å². The fraction of sp³-hybridized carbons (Fsp3) is 0.278. The van der Waals surface area contributed by atoms with E-state index in [1.165, 1.54) is 5.56 Å². The van der Waals surface area contributed by atoms with E-state index in [0.29, 0.717) is 0 Å². The molecule has 102 valence electrons. The Labute approximate surface area is 121 Å². The smallest absolute Gasteiger partial charge is 0.0730 e. The molecule has 0 aliphatic heterocycles. The van der Waals surface area contributed by atoms with Crippen molar-refractivity contribution < 1.29 is 0 Å². The molecule has 0 aromatic heterocycles. The fourth-order valence-electron chi connectivity index (χ4n) is 2.37. The van der Waals surface area contributed by atoms with Gasteiger partial charge >= 0.3 is 0 Å². The van der Waals surface area contributed by atoms with Gasteiger partial charge in [-0.15, -0.1) is 0 Å². The second-order valence-corrected chi connectivity index (χ2v) is 4.95. The predicted octanol–water partition coefficient (Wildman–Crippen LogP) is 4.88. The van der Waals surface area contributed by atoms with Crippen LogP contribution in [0, 0.1) is 11.3 Å². The maximum Gasteiger partial charge on any atom is 0.0730 e. The molecule has 2 atom stereocenters. The van der Waals surface area contributed by atoms with Crippen molar-refractivity contribution in [2.24, 2.45) is 0 Å². The van der Waals surface area contributed by atoms with Crippen LogP contribution in [-0.4, -0.2) is 0 Å². The highest BCUT2D eigenvalue weighted by atomic mass is 14.9. The molecule has 2 aromatic rings. The lowest BCUT2D eigenvalue weighted by Gasteiger charge is -2.20. The number of nitrogens with one attached hydrogen (secondary N) is 1. The average molecular weight is 264 g/mol. The summed E-state index contributed by atoms with van der Waals surface area (Å²) in [5.74, 6) is -0.0540. The normalized spacial score (nSPS) is 13.2. The first-order valence-electron chi connectivity index (χ1n) is 7.06. The topological polar surface area (TPSA) is 35.8 Å². The van der Waals surface area contributed by atoms with Crippen molar-refractivity contribution in [1.82, 2.24) is 0 Å². The molecule has 0 amide bonds. The monoisotopic (exact) mass is 264 g/mol. The molecule has 0 aliphatic rings. The number of hydrogen-bond acceptors (Lipinski definition) is 2. The third-order valence-corrected chi connectivity index (χ3v) is 3.57. The molecule has 0 heterocycles. The average Bonchev–Trinajstić information content (AvgIpc) is 2.51. The van der Waals surface area contributed by atoms with Gasteiger partial charge in [0.15, 0.2) is 0 Å². The molecular formula is C18H20N2. The van der Waals surface area contributed by atoms with Gasteiger partial charge in [-0.2, -0.15) is 5.26 Å². The van der Waals surface area contributed by atoms with E-state index in [1.54, 1.807) is 0 Å². The first-order valence-corrected chi connectivity index (χ1v) is 7.06. The van der Waals surface area contributed by atoms with Crippen LogP contribution < -0.4 is 5.32 Å². The van der Waals surface area contributed by atoms with Gasteiger partial charge in [-0.1, -0.05) is 55.5 Å². The second kappa shape index (κ2) is 6.77. The minimum Gasteiger partial charge on any atom is -0.378 e. The standard InChI is InChI=1S/C18H20N2/c1-3-15(13-19)17-11-7-8-12-18(17)20-14(2)16-9-5-4-6-10-16/h4-12,14-15,20H,3H2,1-2H3/t14-,15?/m1/s1. The van der Waals surface area contributed by atoms with Crippen LogP contribution in [0.4, 0.5) is 5.69 Å². The second-order valence-electron chi connectivity index (χ2n) is 4.95. The SMILES string of the molecule is CCC(C#N)c1ccccc1N[C@H](C)c1ccccc1. The third-order valence-electron chi connectivity index (χ3n) is 3.57. The zero-order valence-corrected chi connectivity index (χ0v) is 12.0. The maximum absolute atomic E-state index is 9.28. The lowest BCUT2D eigenvalue weighted by Crippen LogP contribution is -2.09. The highest BCUT2D eigenvalue weighted by molar-refractivity contribution is 5.55. The molecule has 0 spiro atoms. The number of benzene rings is 2. The summed E-state index contributed by atoms with van der Waals surface area (Å²) in [6.45, 7) is 4.19. The van der Waals surface area contributed by atoms with Crippen LogP contribution in [0.1, 0.15) is 43.4 Å². The van der Waals surface area contributed by atoms with Crippen LogP contribution in [0.25, 0.3) is 0 Å². The quantitative estimate of drug-likeness (QED) is 0.835. The van der Waals surface area contributed by atoms with E-state index in [0.717, 1.165) is 17.7 Å². The highest BCUT2D eigenvalue weighted by Crippen LogP contribution is 2.29. The van der Waals surface area contributed by atoms with Gasteiger partial charge in [-0.25, -0.2) is 0 Å². The highest BCUT2D eigenvalue weighted by Gasteiger charge is 2.14. The Balaban J connectivity index is 2.24. The number of nitrogens with zero attached hydrogens (tertiary/aromatic N) is 1. The molecule has 2 nitrogen and oxygen atoms in total. The largest absolute Gasteiger partial charge is 0.378 e. The van der Waals surface area contributed by atoms with Gasteiger partial charge < -0.3 is 5.32 Å². The Hall–Kier alpha value is -2.27. The summed E-state index contributed by atoms with van der Waals surface area (Å²) >= 11 is 0. The molecule has 0 aliphatic carbocycles. The minimum atomic E-state index is -0.0540. The van der Waals surface area contributed by atoms with Crippen molar-refractivity contribution in [2.45, 2.75) is 32.2 Å². The van der Waals surface area contributed by atoms with Crippen molar-refractivity contribution in [2.75, 3.05) is 5.32 Å². The van der Waals surface area contributed by atoms with E-state index in [2.05, 4.69) is 36.5 Å². The molecule has 1 unspecified atom stereocenters. The summed E-state index contributed by atoms with van der Waals surface area (Å²) in [7, 11) is 0. The first kappa shape index (κ1) is 14.1. The molecule has 0 radical (unpaired) electrons. The number of anilines is 1. The molecule has 2 rings (SSSR count). The first-order chi connectivity index (χ1) is 9.76. The van der Waals surface area contributed by atoms with E-state index < -0.39 is 0 Å². The number of nitriles is 1. The van der Waals surface area contributed by atoms with Crippen LogP contribution in [0.15, 0.2) is 54.6 Å². The summed E-state index contributed by atoms with van der Waals surface area (Å²) in [4.78, 5) is 0. The Bertz CT molecular complexity index is 584. The summed E-state index contributed by atoms with van der Waals surface area (Å²) in [6, 6.07) is 21.0. The van der Waals surface area contributed by atoms with Crippen LogP contribution in [0.2, 0.25) is 0 Å². The van der Waals surface area contributed by atoms with Gasteiger partial charge in [-0.3, -0.25) is 0 Å². The van der Waals surface area contributed by atoms with Crippen LogP contribution in [0.3, 0.4) is 0 Å². The molecule has 0 saturated carbocycles. The van der Waals surface area contributed by atoms with Gasteiger partial charge in [0.25, 0.3) is 0 Å². The lowest BCUT2D eigenvalue weighted by atomic mass is 9.95. The molecule has 0 fully saturated rings. The Morgan fingerprint density at radius 3 is 2.35 bits per heavy atom. The van der Waals surface area contributed by atoms with Crippen molar-refractivity contribution >= 4 is 5.69 Å². The number of para-hydroxylation sites is 1. The zero-order valence-electron chi connectivity index (χ0n) is 12.0. The molecular weight excluding hydrogens is 244 g/mol. The van der Waals surface area contributed by atoms with E-state index in [-0.39, 0.29) is 12.0 Å². The van der Waals surface area contributed by atoms with Crippen molar-refractivity contribution in [3.05, 3.63) is 65.7 Å². The van der Waals surface area contributed by atoms with Crippen LogP contribution in [0.5, 0.6) is 0 Å². The van der Waals surface area contributed by atoms with E-state index in [9.17, 15) is 5.26 Å². The van der Waals surface area contributed by atoms with Gasteiger partial charge in [0.2, 0.25) is 0 Å². The zero-order chi connectivity index (χ0) is 14.4. The van der Waals surface area contributed by atoms with Crippen LogP contribution in [-0.2, 0) is 0 Å². The van der Waals surface area contributed by atoms with E-state index in [4.69, 9.17) is 0 Å². The van der Waals surface area contributed by atoms with E-state index in [1.807, 2.05) is 43.3 Å². The summed E-state index contributed by atoms with van der Waals surface area (Å²) in [5.41, 5.74) is 3.38. The maximum atomic E-state index is 9.28. The molecule has 2 heteroatoms. The van der Waals surface area contributed by atoms with Crippen LogP contribution >= 0.6 is 0 Å². The van der Waals surface area contributed by atoms with Crippen molar-refractivity contribution in [3.63, 3.8) is 0 Å². The number of rotatable bonds is 5. The Kier molecular flexibility index (Phi) is 4.79. The lowest BCUT2D eigenvalue weighted by molar-refractivity contribution is 0.809. The molecule has 0 saturated heterocycles. The molecule has 0 bridgehead atoms. The number of hydrogen-bond donors (Lipinski definition) is 1. The van der Waals surface area contributed by atoms with Crippen molar-refractivity contribution in [3.8, 4) is 6.07 Å². The van der Waals surface area contributed by atoms with Gasteiger partial charge in [0.05, 0.1) is 12.0 Å². The fourth-order valence-corrected chi connectivity index (χ4v) is 2.37. The third kappa shape index (κ3) is 3.19. The van der Waals surface area contributed by atoms with Crippen molar-refractivity contribution in [1.29, 1.82) is 5.26 Å².